The highest BCUT2D eigenvalue weighted by molar-refractivity contribution is 9.10. The summed E-state index contributed by atoms with van der Waals surface area (Å²) < 4.78 is 5.96. The summed E-state index contributed by atoms with van der Waals surface area (Å²) in [6, 6.07) is 5.55. The van der Waals surface area contributed by atoms with Crippen LogP contribution in [-0.4, -0.2) is 18.2 Å². The van der Waals surface area contributed by atoms with Gasteiger partial charge in [0.2, 0.25) is 0 Å². The molecule has 1 aromatic rings. The molecule has 16 heavy (non-hydrogen) atoms. The molecule has 3 nitrogen and oxygen atoms in total. The van der Waals surface area contributed by atoms with Crippen LogP contribution in [0.2, 0.25) is 0 Å². The van der Waals surface area contributed by atoms with E-state index in [1.807, 2.05) is 18.2 Å². The summed E-state index contributed by atoms with van der Waals surface area (Å²) in [5.74, 6) is -0.0426. The Morgan fingerprint density at radius 1 is 1.50 bits per heavy atom. The number of hydrogen-bond acceptors (Lipinski definition) is 2. The third-order valence-electron chi connectivity index (χ3n) is 2.47. The molecule has 1 rings (SSSR count). The molecule has 0 aliphatic heterocycles. The minimum atomic E-state index is -0.796. The lowest BCUT2D eigenvalue weighted by molar-refractivity contribution is -0.146. The quantitative estimate of drug-likeness (QED) is 0.925. The van der Waals surface area contributed by atoms with Gasteiger partial charge in [0.25, 0.3) is 0 Å². The molecule has 4 heteroatoms. The van der Waals surface area contributed by atoms with Gasteiger partial charge >= 0.3 is 5.97 Å². The van der Waals surface area contributed by atoms with Crippen molar-refractivity contribution in [2.24, 2.45) is 5.41 Å². The van der Waals surface area contributed by atoms with E-state index in [0.29, 0.717) is 6.42 Å². The number of rotatable bonds is 4. The second kappa shape index (κ2) is 4.87. The van der Waals surface area contributed by atoms with E-state index >= 15 is 0 Å². The van der Waals surface area contributed by atoms with E-state index < -0.39 is 11.4 Å². The zero-order valence-corrected chi connectivity index (χ0v) is 11.2. The van der Waals surface area contributed by atoms with Gasteiger partial charge < -0.3 is 9.84 Å². The van der Waals surface area contributed by atoms with Gasteiger partial charge in [0.15, 0.2) is 0 Å². The summed E-state index contributed by atoms with van der Waals surface area (Å²) in [5, 5.41) is 9.05. The Morgan fingerprint density at radius 3 is 2.56 bits per heavy atom. The molecule has 0 atom stereocenters. The van der Waals surface area contributed by atoms with Gasteiger partial charge in [-0.1, -0.05) is 22.0 Å². The Kier molecular flexibility index (Phi) is 3.97. The van der Waals surface area contributed by atoms with Crippen molar-refractivity contribution in [3.8, 4) is 5.75 Å². The molecule has 0 aromatic heterocycles. The minimum absolute atomic E-state index is 0.479. The molecule has 88 valence electrons. The highest BCUT2D eigenvalue weighted by Gasteiger charge is 2.28. The molecule has 0 unspecified atom stereocenters. The highest BCUT2D eigenvalue weighted by Crippen LogP contribution is 2.29. The first-order valence-corrected chi connectivity index (χ1v) is 5.72. The van der Waals surface area contributed by atoms with Gasteiger partial charge in [-0.05, 0) is 38.0 Å². The van der Waals surface area contributed by atoms with Crippen LogP contribution in [0.4, 0.5) is 0 Å². The van der Waals surface area contributed by atoms with E-state index in [4.69, 9.17) is 9.84 Å². The van der Waals surface area contributed by atoms with Gasteiger partial charge in [0.1, 0.15) is 5.75 Å². The number of benzene rings is 1. The predicted octanol–water partition coefficient (Wildman–Crippen LogP) is 3.11. The lowest BCUT2D eigenvalue weighted by Gasteiger charge is -2.20. The number of hydrogen-bond donors (Lipinski definition) is 1. The Labute approximate surface area is 104 Å². The average molecular weight is 287 g/mol. The molecule has 0 fully saturated rings. The van der Waals surface area contributed by atoms with E-state index in [0.717, 1.165) is 15.8 Å². The van der Waals surface area contributed by atoms with Crippen molar-refractivity contribution in [1.82, 2.24) is 0 Å². The van der Waals surface area contributed by atoms with Crippen molar-refractivity contribution in [2.75, 3.05) is 7.11 Å². The molecule has 0 radical (unpaired) electrons. The summed E-state index contributed by atoms with van der Waals surface area (Å²) in [5.41, 5.74) is 0.199. The van der Waals surface area contributed by atoms with E-state index in [1.54, 1.807) is 21.0 Å². The number of carbonyl (C=O) groups is 1. The van der Waals surface area contributed by atoms with Crippen LogP contribution in [0, 0.1) is 5.41 Å². The molecule has 0 saturated heterocycles. The third-order valence-corrected chi connectivity index (χ3v) is 3.21. The topological polar surface area (TPSA) is 46.5 Å². The average Bonchev–Trinajstić information content (AvgIpc) is 2.20. The summed E-state index contributed by atoms with van der Waals surface area (Å²) in [6.45, 7) is 3.43. The third kappa shape index (κ3) is 2.98. The first-order valence-electron chi connectivity index (χ1n) is 4.92. The SMILES string of the molecule is COc1ccc(CC(C)(C)C(=O)O)c(Br)c1. The van der Waals surface area contributed by atoms with Gasteiger partial charge in [-0.2, -0.15) is 0 Å². The van der Waals surface area contributed by atoms with Gasteiger partial charge in [-0.15, -0.1) is 0 Å². The van der Waals surface area contributed by atoms with Crippen molar-refractivity contribution in [3.05, 3.63) is 28.2 Å². The zero-order valence-electron chi connectivity index (χ0n) is 9.58. The second-order valence-electron chi connectivity index (χ2n) is 4.32. The van der Waals surface area contributed by atoms with Crippen LogP contribution in [0.5, 0.6) is 5.75 Å². The van der Waals surface area contributed by atoms with Crippen LogP contribution in [0.25, 0.3) is 0 Å². The number of aliphatic carboxylic acids is 1. The van der Waals surface area contributed by atoms with E-state index in [9.17, 15) is 4.79 Å². The van der Waals surface area contributed by atoms with E-state index in [2.05, 4.69) is 15.9 Å². The molecular formula is C12H15BrO3. The maximum absolute atomic E-state index is 11.0. The Hall–Kier alpha value is -1.03. The first kappa shape index (κ1) is 13.0. The monoisotopic (exact) mass is 286 g/mol. The largest absolute Gasteiger partial charge is 0.497 e. The van der Waals surface area contributed by atoms with Gasteiger partial charge in [-0.25, -0.2) is 0 Å². The Balaban J connectivity index is 2.94. The molecule has 0 heterocycles. The molecule has 0 aliphatic carbocycles. The number of methoxy groups -OCH3 is 1. The van der Waals surface area contributed by atoms with Crippen molar-refractivity contribution in [1.29, 1.82) is 0 Å². The summed E-state index contributed by atoms with van der Waals surface area (Å²) in [4.78, 5) is 11.0. The fourth-order valence-electron chi connectivity index (χ4n) is 1.35. The molecule has 0 saturated carbocycles. The fraction of sp³-hybridized carbons (Fsp3) is 0.417. The van der Waals surface area contributed by atoms with Crippen molar-refractivity contribution >= 4 is 21.9 Å². The van der Waals surface area contributed by atoms with Crippen LogP contribution in [0.1, 0.15) is 19.4 Å². The summed E-state index contributed by atoms with van der Waals surface area (Å²) in [7, 11) is 1.60. The molecule has 0 spiro atoms. The Morgan fingerprint density at radius 2 is 2.12 bits per heavy atom. The predicted molar refractivity (Wildman–Crippen MR) is 65.8 cm³/mol. The maximum atomic E-state index is 11.0. The van der Waals surface area contributed by atoms with Crippen LogP contribution in [-0.2, 0) is 11.2 Å². The standard InChI is InChI=1S/C12H15BrO3/c1-12(2,11(14)15)7-8-4-5-9(16-3)6-10(8)13/h4-6H,7H2,1-3H3,(H,14,15). The van der Waals surface area contributed by atoms with Crippen LogP contribution in [0.15, 0.2) is 22.7 Å². The van der Waals surface area contributed by atoms with Crippen molar-refractivity contribution in [3.63, 3.8) is 0 Å². The Bertz CT molecular complexity index is 399. The number of halogens is 1. The molecule has 1 aromatic carbocycles. The number of carboxylic acids is 1. The smallest absolute Gasteiger partial charge is 0.309 e. The molecule has 0 amide bonds. The van der Waals surface area contributed by atoms with E-state index in [1.165, 1.54) is 0 Å². The first-order chi connectivity index (χ1) is 7.36. The van der Waals surface area contributed by atoms with Crippen LogP contribution < -0.4 is 4.74 Å². The lowest BCUT2D eigenvalue weighted by Crippen LogP contribution is -2.26. The van der Waals surface area contributed by atoms with Gasteiger partial charge in [0.05, 0.1) is 12.5 Å². The van der Waals surface area contributed by atoms with E-state index in [-0.39, 0.29) is 0 Å². The lowest BCUT2D eigenvalue weighted by atomic mass is 9.86. The summed E-state index contributed by atoms with van der Waals surface area (Å²) in [6.07, 6.45) is 0.479. The zero-order chi connectivity index (χ0) is 12.3. The van der Waals surface area contributed by atoms with Gasteiger partial charge in [-0.3, -0.25) is 4.79 Å². The van der Waals surface area contributed by atoms with Crippen molar-refractivity contribution in [2.45, 2.75) is 20.3 Å². The normalized spacial score (nSPS) is 11.2. The molecule has 0 aliphatic rings. The summed E-state index contributed by atoms with van der Waals surface area (Å²) >= 11 is 3.42. The molecule has 1 N–H and O–H groups in total. The van der Waals surface area contributed by atoms with Gasteiger partial charge in [0, 0.05) is 4.47 Å². The number of carboxylic acid groups (broad SMARTS) is 1. The van der Waals surface area contributed by atoms with Crippen molar-refractivity contribution < 1.29 is 14.6 Å². The molecule has 0 bridgehead atoms. The molecular weight excluding hydrogens is 272 g/mol. The minimum Gasteiger partial charge on any atom is -0.497 e. The number of ether oxygens (including phenoxy) is 1. The van der Waals surface area contributed by atoms with Crippen LogP contribution >= 0.6 is 15.9 Å². The second-order valence-corrected chi connectivity index (χ2v) is 5.18. The fourth-order valence-corrected chi connectivity index (χ4v) is 1.85. The van der Waals surface area contributed by atoms with Crippen LogP contribution in [0.3, 0.4) is 0 Å². The maximum Gasteiger partial charge on any atom is 0.309 e. The highest BCUT2D eigenvalue weighted by atomic mass is 79.9.